The van der Waals surface area contributed by atoms with E-state index in [-0.39, 0.29) is 4.90 Å². The molecule has 0 radical (unpaired) electrons. The van der Waals surface area contributed by atoms with Gasteiger partial charge < -0.3 is 4.74 Å². The van der Waals surface area contributed by atoms with Crippen LogP contribution in [0.25, 0.3) is 0 Å². The molecule has 0 amide bonds. The summed E-state index contributed by atoms with van der Waals surface area (Å²) in [5, 5.41) is 0. The lowest BCUT2D eigenvalue weighted by Crippen LogP contribution is -2.25. The standard InChI is InChI=1S/C11H14O5S/c1-8-4-6-10(7-5-8)17(13,14)16-9(2)11(12)15-3/h4-7,9H,1-3H3. The van der Waals surface area contributed by atoms with Crippen LogP contribution in [0, 0.1) is 6.92 Å². The monoisotopic (exact) mass is 258 g/mol. The van der Waals surface area contributed by atoms with Crippen LogP contribution in [0.2, 0.25) is 0 Å². The van der Waals surface area contributed by atoms with Gasteiger partial charge in [0.2, 0.25) is 0 Å². The summed E-state index contributed by atoms with van der Waals surface area (Å²) < 4.78 is 32.6. The fourth-order valence-corrected chi connectivity index (χ4v) is 2.19. The third-order valence-corrected chi connectivity index (χ3v) is 3.51. The van der Waals surface area contributed by atoms with Crippen molar-refractivity contribution < 1.29 is 22.1 Å². The minimum Gasteiger partial charge on any atom is -0.467 e. The van der Waals surface area contributed by atoms with Gasteiger partial charge in [0.15, 0.2) is 6.10 Å². The summed E-state index contributed by atoms with van der Waals surface area (Å²) in [5.74, 6) is -0.735. The molecule has 1 unspecified atom stereocenters. The molecule has 0 saturated heterocycles. The molecule has 0 bridgehead atoms. The Bertz CT molecular complexity index is 489. The predicted molar refractivity (Wildman–Crippen MR) is 60.9 cm³/mol. The Morgan fingerprint density at radius 2 is 1.76 bits per heavy atom. The Morgan fingerprint density at radius 3 is 2.24 bits per heavy atom. The molecule has 94 valence electrons. The number of carbonyl (C=O) groups is 1. The van der Waals surface area contributed by atoms with Crippen molar-refractivity contribution in [2.75, 3.05) is 7.11 Å². The van der Waals surface area contributed by atoms with Crippen molar-refractivity contribution in [3.63, 3.8) is 0 Å². The molecular weight excluding hydrogens is 244 g/mol. The molecule has 1 rings (SSSR count). The van der Waals surface area contributed by atoms with Crippen molar-refractivity contribution in [3.8, 4) is 0 Å². The van der Waals surface area contributed by atoms with Gasteiger partial charge in [0.1, 0.15) is 0 Å². The first-order valence-electron chi connectivity index (χ1n) is 4.94. The van der Waals surface area contributed by atoms with Crippen LogP contribution < -0.4 is 0 Å². The maximum Gasteiger partial charge on any atom is 0.336 e. The maximum absolute atomic E-state index is 11.7. The van der Waals surface area contributed by atoms with E-state index in [1.807, 2.05) is 6.92 Å². The zero-order chi connectivity index (χ0) is 13.1. The lowest BCUT2D eigenvalue weighted by molar-refractivity contribution is -0.147. The molecule has 1 aromatic carbocycles. The molecule has 1 atom stereocenters. The molecule has 17 heavy (non-hydrogen) atoms. The third-order valence-electron chi connectivity index (χ3n) is 2.11. The fourth-order valence-electron chi connectivity index (χ4n) is 1.16. The van der Waals surface area contributed by atoms with Crippen molar-refractivity contribution >= 4 is 16.1 Å². The lowest BCUT2D eigenvalue weighted by atomic mass is 10.2. The SMILES string of the molecule is COC(=O)C(C)OS(=O)(=O)c1ccc(C)cc1. The molecule has 0 N–H and O–H groups in total. The number of hydrogen-bond donors (Lipinski definition) is 0. The molecule has 0 heterocycles. The average Bonchev–Trinajstić information content (AvgIpc) is 2.27. The van der Waals surface area contributed by atoms with E-state index >= 15 is 0 Å². The van der Waals surface area contributed by atoms with Gasteiger partial charge in [-0.1, -0.05) is 17.7 Å². The lowest BCUT2D eigenvalue weighted by Gasteiger charge is -2.10. The highest BCUT2D eigenvalue weighted by atomic mass is 32.2. The Labute approximate surface area is 100 Å². The van der Waals surface area contributed by atoms with Gasteiger partial charge in [-0.2, -0.15) is 8.42 Å². The Kier molecular flexibility index (Phi) is 4.25. The molecule has 5 nitrogen and oxygen atoms in total. The molecule has 1 aromatic rings. The van der Waals surface area contributed by atoms with Crippen molar-refractivity contribution in [3.05, 3.63) is 29.8 Å². The van der Waals surface area contributed by atoms with E-state index in [0.29, 0.717) is 0 Å². The molecule has 0 aliphatic heterocycles. The number of methoxy groups -OCH3 is 1. The number of esters is 1. The smallest absolute Gasteiger partial charge is 0.336 e. The van der Waals surface area contributed by atoms with Gasteiger partial charge in [0, 0.05) is 0 Å². The molecule has 0 spiro atoms. The molecule has 0 aromatic heterocycles. The number of benzene rings is 1. The Balaban J connectivity index is 2.89. The summed E-state index contributed by atoms with van der Waals surface area (Å²) in [6.07, 6.45) is -1.16. The highest BCUT2D eigenvalue weighted by molar-refractivity contribution is 7.86. The van der Waals surface area contributed by atoms with Crippen LogP contribution in [0.5, 0.6) is 0 Å². The van der Waals surface area contributed by atoms with E-state index in [1.54, 1.807) is 12.1 Å². The minimum atomic E-state index is -3.93. The Morgan fingerprint density at radius 1 is 1.24 bits per heavy atom. The fraction of sp³-hybridized carbons (Fsp3) is 0.364. The van der Waals surface area contributed by atoms with Crippen LogP contribution in [0.3, 0.4) is 0 Å². The Hall–Kier alpha value is -1.40. The van der Waals surface area contributed by atoms with Gasteiger partial charge in [-0.3, -0.25) is 4.18 Å². The third kappa shape index (κ3) is 3.54. The van der Waals surface area contributed by atoms with E-state index in [9.17, 15) is 13.2 Å². The van der Waals surface area contributed by atoms with E-state index in [1.165, 1.54) is 26.2 Å². The van der Waals surface area contributed by atoms with Gasteiger partial charge in [0.05, 0.1) is 12.0 Å². The van der Waals surface area contributed by atoms with Crippen LogP contribution in [0.1, 0.15) is 12.5 Å². The molecule has 0 aliphatic carbocycles. The zero-order valence-corrected chi connectivity index (χ0v) is 10.7. The topological polar surface area (TPSA) is 69.7 Å². The van der Waals surface area contributed by atoms with Crippen LogP contribution in [-0.4, -0.2) is 27.6 Å². The number of hydrogen-bond acceptors (Lipinski definition) is 5. The van der Waals surface area contributed by atoms with Gasteiger partial charge >= 0.3 is 5.97 Å². The summed E-state index contributed by atoms with van der Waals surface area (Å²) in [6, 6.07) is 6.15. The first kappa shape index (κ1) is 13.7. The molecular formula is C11H14O5S. The van der Waals surface area contributed by atoms with Crippen LogP contribution in [0.4, 0.5) is 0 Å². The molecule has 0 fully saturated rings. The van der Waals surface area contributed by atoms with Gasteiger partial charge in [0.25, 0.3) is 10.1 Å². The molecule has 0 aliphatic rings. The second kappa shape index (κ2) is 5.29. The van der Waals surface area contributed by atoms with Crippen molar-refractivity contribution in [2.24, 2.45) is 0 Å². The second-order valence-electron chi connectivity index (χ2n) is 3.53. The zero-order valence-electron chi connectivity index (χ0n) is 9.84. The summed E-state index contributed by atoms with van der Waals surface area (Å²) in [5.41, 5.74) is 0.935. The van der Waals surface area contributed by atoms with Crippen LogP contribution in [0.15, 0.2) is 29.2 Å². The first-order valence-corrected chi connectivity index (χ1v) is 6.35. The van der Waals surface area contributed by atoms with Gasteiger partial charge in [-0.15, -0.1) is 0 Å². The highest BCUT2D eigenvalue weighted by Crippen LogP contribution is 2.15. The largest absolute Gasteiger partial charge is 0.467 e. The number of carbonyl (C=O) groups excluding carboxylic acids is 1. The number of aryl methyl sites for hydroxylation is 1. The summed E-state index contributed by atoms with van der Waals surface area (Å²) >= 11 is 0. The number of ether oxygens (including phenoxy) is 1. The summed E-state index contributed by atoms with van der Waals surface area (Å²) in [6.45, 7) is 3.16. The van der Waals surface area contributed by atoms with E-state index in [2.05, 4.69) is 4.74 Å². The van der Waals surface area contributed by atoms with E-state index in [4.69, 9.17) is 4.18 Å². The molecule has 6 heteroatoms. The van der Waals surface area contributed by atoms with Crippen LogP contribution >= 0.6 is 0 Å². The second-order valence-corrected chi connectivity index (χ2v) is 5.10. The normalized spacial score (nSPS) is 13.1. The summed E-state index contributed by atoms with van der Waals surface area (Å²) in [4.78, 5) is 11.1. The summed E-state index contributed by atoms with van der Waals surface area (Å²) in [7, 11) is -2.76. The quantitative estimate of drug-likeness (QED) is 0.600. The van der Waals surface area contributed by atoms with E-state index in [0.717, 1.165) is 5.56 Å². The van der Waals surface area contributed by atoms with Gasteiger partial charge in [-0.25, -0.2) is 4.79 Å². The van der Waals surface area contributed by atoms with Crippen molar-refractivity contribution in [1.29, 1.82) is 0 Å². The number of rotatable bonds is 4. The van der Waals surface area contributed by atoms with Crippen LogP contribution in [-0.2, 0) is 23.8 Å². The minimum absolute atomic E-state index is 0.0128. The van der Waals surface area contributed by atoms with E-state index < -0.39 is 22.2 Å². The van der Waals surface area contributed by atoms with Gasteiger partial charge in [-0.05, 0) is 26.0 Å². The highest BCUT2D eigenvalue weighted by Gasteiger charge is 2.24. The van der Waals surface area contributed by atoms with Crippen molar-refractivity contribution in [2.45, 2.75) is 24.8 Å². The average molecular weight is 258 g/mol. The van der Waals surface area contributed by atoms with Crippen molar-refractivity contribution in [1.82, 2.24) is 0 Å². The molecule has 0 saturated carbocycles. The predicted octanol–water partition coefficient (Wildman–Crippen LogP) is 1.26. The maximum atomic E-state index is 11.7. The first-order chi connectivity index (χ1) is 7.86.